The van der Waals surface area contributed by atoms with Crippen molar-refractivity contribution >= 4 is 11.8 Å². The summed E-state index contributed by atoms with van der Waals surface area (Å²) < 4.78 is 31.7. The fourth-order valence-corrected chi connectivity index (χ4v) is 3.73. The van der Waals surface area contributed by atoms with E-state index >= 15 is 0 Å². The van der Waals surface area contributed by atoms with Crippen LogP contribution in [0.5, 0.6) is 0 Å². The Labute approximate surface area is 245 Å². The van der Waals surface area contributed by atoms with E-state index < -0.39 is 25.9 Å². The Morgan fingerprint density at radius 3 is 1.33 bits per heavy atom. The molecule has 0 aliphatic carbocycles. The summed E-state index contributed by atoms with van der Waals surface area (Å²) in [5.41, 5.74) is 0. The lowest BCUT2D eigenvalue weighted by Gasteiger charge is -2.23. The Balaban J connectivity index is 1.72. The van der Waals surface area contributed by atoms with Crippen molar-refractivity contribution < 1.29 is 67.3 Å². The molecule has 0 bridgehead atoms. The van der Waals surface area contributed by atoms with Gasteiger partial charge in [-0.1, -0.05) is 12.2 Å². The van der Waals surface area contributed by atoms with E-state index in [9.17, 15) is 9.59 Å². The van der Waals surface area contributed by atoms with Gasteiger partial charge in [0.15, 0.2) is 0 Å². The smallest absolute Gasteiger partial charge is 0.330 e. The monoisotopic (exact) mass is 608 g/mol. The van der Waals surface area contributed by atoms with Crippen LogP contribution in [0.25, 0.3) is 0 Å². The largest absolute Gasteiger partial charge is 0.343 e. The van der Waals surface area contributed by atoms with Crippen LogP contribution in [0.4, 0.5) is 0 Å². The van der Waals surface area contributed by atoms with Gasteiger partial charge < -0.3 is 38.2 Å². The Morgan fingerprint density at radius 2 is 1.02 bits per heavy atom. The summed E-state index contributed by atoms with van der Waals surface area (Å²) in [6, 6.07) is 0. The van der Waals surface area contributed by atoms with Crippen molar-refractivity contribution in [3.63, 3.8) is 0 Å². The highest BCUT2D eigenvalue weighted by atomic mass is 17.4. The van der Waals surface area contributed by atoms with Gasteiger partial charge in [-0.25, -0.2) is 0 Å². The standard InChI is InChI=1S/C26H44N2O14/c1-5-17-33-25(39-37-23(31-3)35-19-9-15-27-13-7-11-21(27)29)41-42-26(34-18-6-2)40-38-24(32-4)36-20-10-16-28-14-8-12-22(28)30/h5-6,23-26H,1-2,7-20H2,3-4H3. The van der Waals surface area contributed by atoms with Crippen LogP contribution in [0.1, 0.15) is 38.5 Å². The molecule has 2 fully saturated rings. The Morgan fingerprint density at radius 1 is 0.643 bits per heavy atom. The van der Waals surface area contributed by atoms with Gasteiger partial charge in [0.25, 0.3) is 0 Å². The molecule has 16 nitrogen and oxygen atoms in total. The van der Waals surface area contributed by atoms with Gasteiger partial charge in [0.2, 0.25) is 11.8 Å². The average Bonchev–Trinajstić information content (AvgIpc) is 3.61. The van der Waals surface area contributed by atoms with E-state index in [0.717, 1.165) is 25.9 Å². The van der Waals surface area contributed by atoms with E-state index in [1.807, 2.05) is 0 Å². The zero-order valence-corrected chi connectivity index (χ0v) is 24.4. The van der Waals surface area contributed by atoms with Gasteiger partial charge in [-0.05, 0) is 25.7 Å². The number of ether oxygens (including phenoxy) is 6. The van der Waals surface area contributed by atoms with Crippen LogP contribution in [-0.2, 0) is 67.3 Å². The van der Waals surface area contributed by atoms with Crippen LogP contribution in [0.15, 0.2) is 25.3 Å². The first-order valence-electron chi connectivity index (χ1n) is 13.8. The summed E-state index contributed by atoms with van der Waals surface area (Å²) >= 11 is 0. The number of carbonyl (C=O) groups excluding carboxylic acids is 2. The van der Waals surface area contributed by atoms with Gasteiger partial charge in [-0.15, -0.1) is 13.2 Å². The average molecular weight is 609 g/mol. The number of nitrogens with zero attached hydrogens (tertiary/aromatic N) is 2. The van der Waals surface area contributed by atoms with E-state index in [2.05, 4.69) is 13.2 Å². The van der Waals surface area contributed by atoms with Crippen LogP contribution >= 0.6 is 0 Å². The third kappa shape index (κ3) is 14.9. The predicted molar refractivity (Wildman–Crippen MR) is 141 cm³/mol. The van der Waals surface area contributed by atoms with Crippen molar-refractivity contribution in [3.05, 3.63) is 25.3 Å². The molecular weight excluding hydrogens is 564 g/mol. The van der Waals surface area contributed by atoms with E-state index in [0.29, 0.717) is 38.8 Å². The van der Waals surface area contributed by atoms with Crippen molar-refractivity contribution in [1.29, 1.82) is 0 Å². The zero-order chi connectivity index (χ0) is 30.4. The quantitative estimate of drug-likeness (QED) is 0.0437. The van der Waals surface area contributed by atoms with Crippen molar-refractivity contribution in [3.8, 4) is 0 Å². The van der Waals surface area contributed by atoms with Gasteiger partial charge in [0, 0.05) is 53.2 Å². The number of rotatable bonds is 27. The summed E-state index contributed by atoms with van der Waals surface area (Å²) in [5, 5.41) is 0. The maximum Gasteiger partial charge on any atom is 0.330 e. The second-order valence-electron chi connectivity index (χ2n) is 8.86. The minimum atomic E-state index is -1.56. The van der Waals surface area contributed by atoms with Crippen molar-refractivity contribution in [2.45, 2.75) is 64.4 Å². The maximum absolute atomic E-state index is 11.7. The Bertz CT molecular complexity index is 713. The van der Waals surface area contributed by atoms with Gasteiger partial charge in [-0.3, -0.25) is 9.59 Å². The van der Waals surface area contributed by atoms with Gasteiger partial charge in [0.05, 0.1) is 26.4 Å². The van der Waals surface area contributed by atoms with Crippen LogP contribution in [0.2, 0.25) is 0 Å². The normalized spacial score (nSPS) is 18.4. The molecular formula is C26H44N2O14. The topological polar surface area (TPSA) is 151 Å². The lowest BCUT2D eigenvalue weighted by atomic mass is 10.4. The van der Waals surface area contributed by atoms with E-state index in [4.69, 9.17) is 57.7 Å². The molecule has 2 saturated heterocycles. The first kappa shape index (κ1) is 36.1. The molecule has 2 rings (SSSR count). The van der Waals surface area contributed by atoms with Crippen molar-refractivity contribution in [1.82, 2.24) is 9.80 Å². The zero-order valence-electron chi connectivity index (χ0n) is 24.4. The Hall–Kier alpha value is -2.06. The summed E-state index contributed by atoms with van der Waals surface area (Å²) in [7, 11) is 2.69. The van der Waals surface area contributed by atoms with Gasteiger partial charge in [0.1, 0.15) is 0 Å². The fraction of sp³-hybridized carbons (Fsp3) is 0.769. The molecule has 16 heteroatoms. The van der Waals surface area contributed by atoms with Crippen LogP contribution < -0.4 is 0 Å². The second kappa shape index (κ2) is 22.5. The van der Waals surface area contributed by atoms with Crippen molar-refractivity contribution in [2.75, 3.05) is 66.8 Å². The van der Waals surface area contributed by atoms with Gasteiger partial charge >= 0.3 is 25.9 Å². The molecule has 0 aromatic carbocycles. The summed E-state index contributed by atoms with van der Waals surface area (Å²) in [4.78, 5) is 57.5. The lowest BCUT2D eigenvalue weighted by Crippen LogP contribution is -2.32. The molecule has 242 valence electrons. The molecule has 0 saturated carbocycles. The highest BCUT2D eigenvalue weighted by molar-refractivity contribution is 5.78. The lowest BCUT2D eigenvalue weighted by molar-refractivity contribution is -0.612. The minimum Gasteiger partial charge on any atom is -0.343 e. The summed E-state index contributed by atoms with van der Waals surface area (Å²) in [5.74, 6) is 0.276. The Kier molecular flexibility index (Phi) is 19.3. The third-order valence-corrected chi connectivity index (χ3v) is 5.72. The molecule has 2 aliphatic rings. The van der Waals surface area contributed by atoms with Crippen LogP contribution in [0, 0.1) is 0 Å². The molecule has 0 spiro atoms. The number of carbonyl (C=O) groups is 2. The predicted octanol–water partition coefficient (Wildman–Crippen LogP) is 1.72. The molecule has 0 N–H and O–H groups in total. The minimum absolute atomic E-state index is 0.00207. The highest BCUT2D eigenvalue weighted by Crippen LogP contribution is 2.13. The molecule has 2 amide bonds. The third-order valence-electron chi connectivity index (χ3n) is 5.72. The molecule has 0 radical (unpaired) electrons. The number of likely N-dealkylation sites (tertiary alicyclic amines) is 2. The van der Waals surface area contributed by atoms with E-state index in [1.165, 1.54) is 26.4 Å². The molecule has 0 aromatic rings. The molecule has 2 aliphatic heterocycles. The molecule has 4 atom stereocenters. The summed E-state index contributed by atoms with van der Waals surface area (Å²) in [6.45, 7) is 4.65. The molecule has 42 heavy (non-hydrogen) atoms. The van der Waals surface area contributed by atoms with Crippen LogP contribution in [0.3, 0.4) is 0 Å². The number of methoxy groups -OCH3 is 2. The summed E-state index contributed by atoms with van der Waals surface area (Å²) in [6.07, 6.45) is 6.92. The highest BCUT2D eigenvalue weighted by Gasteiger charge is 2.24. The van der Waals surface area contributed by atoms with Crippen molar-refractivity contribution in [2.24, 2.45) is 0 Å². The van der Waals surface area contributed by atoms with E-state index in [-0.39, 0.29) is 38.2 Å². The number of hydrogen-bond donors (Lipinski definition) is 0. The molecule has 4 unspecified atom stereocenters. The number of amides is 2. The molecule has 0 aromatic heterocycles. The van der Waals surface area contributed by atoms with E-state index in [1.54, 1.807) is 9.80 Å². The first-order chi connectivity index (χ1) is 20.5. The first-order valence-corrected chi connectivity index (χ1v) is 13.8. The molecule has 2 heterocycles. The SMILES string of the molecule is C=CCOC(OOC(OC)OCCCN1CCCC1=O)OOC(OCC=C)OOC(OC)OCCCN1CCCC1=O. The van der Waals surface area contributed by atoms with Crippen LogP contribution in [-0.4, -0.2) is 114 Å². The second-order valence-corrected chi connectivity index (χ2v) is 8.86. The maximum atomic E-state index is 11.7. The fourth-order valence-electron chi connectivity index (χ4n) is 3.73. The van der Waals surface area contributed by atoms with Gasteiger partial charge in [-0.2, -0.15) is 29.3 Å². The number of hydrogen-bond acceptors (Lipinski definition) is 14.